The number of hydrogen-bond acceptors (Lipinski definition) is 6. The molecule has 0 spiro atoms. The average molecular weight is 345 g/mol. The summed E-state index contributed by atoms with van der Waals surface area (Å²) in [6, 6.07) is -0.874. The molecule has 1 saturated carbocycles. The number of ether oxygens (including phenoxy) is 1. The molecule has 24 heavy (non-hydrogen) atoms. The van der Waals surface area contributed by atoms with E-state index in [1.165, 1.54) is 0 Å². The Labute approximate surface area is 138 Å². The second kappa shape index (κ2) is 6.03. The molecule has 0 bridgehead atoms. The molecule has 1 aromatic heterocycles. The number of hydrogen-bond donors (Lipinski definition) is 1. The molecule has 1 aliphatic heterocycles. The molecular weight excluding hydrogens is 324 g/mol. The first-order chi connectivity index (χ1) is 11.3. The molecular formula is C15H21F2N3O4. The lowest BCUT2D eigenvalue weighted by atomic mass is 9.75. The summed E-state index contributed by atoms with van der Waals surface area (Å²) in [5.41, 5.74) is -2.26. The first-order valence-electron chi connectivity index (χ1n) is 8.08. The minimum Gasteiger partial charge on any atom is -0.423 e. The predicted octanol–water partition coefficient (Wildman–Crippen LogP) is 1.64. The molecule has 0 radical (unpaired) electrons. The second-order valence-corrected chi connectivity index (χ2v) is 6.68. The molecule has 1 aromatic rings. The zero-order valence-corrected chi connectivity index (χ0v) is 13.7. The van der Waals surface area contributed by atoms with Gasteiger partial charge in [-0.2, -0.15) is 8.78 Å². The maximum absolute atomic E-state index is 14.5. The fraction of sp³-hybridized carbons (Fsp3) is 0.800. The monoisotopic (exact) mass is 345 g/mol. The van der Waals surface area contributed by atoms with Crippen molar-refractivity contribution in [2.24, 2.45) is 0 Å². The third-order valence-corrected chi connectivity index (χ3v) is 4.66. The van der Waals surface area contributed by atoms with Gasteiger partial charge in [-0.1, -0.05) is 13.8 Å². The van der Waals surface area contributed by atoms with E-state index in [2.05, 4.69) is 10.2 Å². The zero-order chi connectivity index (χ0) is 17.5. The van der Waals surface area contributed by atoms with Crippen molar-refractivity contribution < 1.29 is 27.8 Å². The van der Waals surface area contributed by atoms with Gasteiger partial charge in [0.1, 0.15) is 11.6 Å². The third kappa shape index (κ3) is 2.69. The number of carbonyl (C=O) groups excluding carboxylic acids is 1. The Kier molecular flexibility index (Phi) is 4.33. The average Bonchev–Trinajstić information content (AvgIpc) is 3.01. The maximum Gasteiger partial charge on any atom is 0.352 e. The Hall–Kier alpha value is -1.61. The van der Waals surface area contributed by atoms with Crippen molar-refractivity contribution in [1.29, 1.82) is 0 Å². The summed E-state index contributed by atoms with van der Waals surface area (Å²) in [7, 11) is 0. The highest BCUT2D eigenvalue weighted by molar-refractivity contribution is 5.85. The van der Waals surface area contributed by atoms with Crippen molar-refractivity contribution in [2.75, 3.05) is 19.8 Å². The van der Waals surface area contributed by atoms with E-state index in [1.54, 1.807) is 0 Å². The van der Waals surface area contributed by atoms with Gasteiger partial charge in [-0.3, -0.25) is 4.79 Å². The molecule has 3 rings (SSSR count). The van der Waals surface area contributed by atoms with Gasteiger partial charge in [-0.15, -0.1) is 10.2 Å². The molecule has 1 N–H and O–H groups in total. The van der Waals surface area contributed by atoms with Crippen LogP contribution in [0.1, 0.15) is 56.9 Å². The summed E-state index contributed by atoms with van der Waals surface area (Å²) >= 11 is 0. The molecule has 1 aliphatic carbocycles. The van der Waals surface area contributed by atoms with Gasteiger partial charge in [0.2, 0.25) is 11.8 Å². The van der Waals surface area contributed by atoms with Gasteiger partial charge >= 0.3 is 5.92 Å². The molecule has 2 fully saturated rings. The van der Waals surface area contributed by atoms with Crippen molar-refractivity contribution in [1.82, 2.24) is 15.1 Å². The molecule has 9 heteroatoms. The Morgan fingerprint density at radius 3 is 2.67 bits per heavy atom. The van der Waals surface area contributed by atoms with Crippen LogP contribution in [-0.2, 0) is 9.53 Å². The molecule has 2 heterocycles. The molecule has 2 aliphatic rings. The maximum atomic E-state index is 14.5. The Morgan fingerprint density at radius 1 is 1.42 bits per heavy atom. The summed E-state index contributed by atoms with van der Waals surface area (Å²) in [5, 5.41) is 17.7. The molecule has 1 atom stereocenters. The van der Waals surface area contributed by atoms with Crippen LogP contribution in [0.5, 0.6) is 0 Å². The van der Waals surface area contributed by atoms with Crippen LogP contribution in [0.2, 0.25) is 0 Å². The number of amides is 1. The number of carbonyl (C=O) groups is 1. The van der Waals surface area contributed by atoms with Gasteiger partial charge in [-0.05, 0) is 19.3 Å². The van der Waals surface area contributed by atoms with E-state index in [0.29, 0.717) is 12.3 Å². The number of rotatable bonds is 4. The number of halogens is 2. The lowest BCUT2D eigenvalue weighted by molar-refractivity contribution is -0.228. The normalized spacial score (nSPS) is 24.1. The number of nitrogens with zero attached hydrogens (tertiary/aromatic N) is 3. The molecule has 7 nitrogen and oxygen atoms in total. The first-order valence-corrected chi connectivity index (χ1v) is 8.08. The van der Waals surface area contributed by atoms with E-state index >= 15 is 0 Å². The van der Waals surface area contributed by atoms with E-state index in [1.807, 2.05) is 13.8 Å². The van der Waals surface area contributed by atoms with Gasteiger partial charge < -0.3 is 19.2 Å². The highest BCUT2D eigenvalue weighted by Gasteiger charge is 2.63. The number of aromatic nitrogens is 2. The van der Waals surface area contributed by atoms with Gasteiger partial charge in [-0.25, -0.2) is 0 Å². The standard InChI is InChI=1S/C15H21F2N3O4/c1-9(2)11-18-19-12(24-11)10-8-23-7-6-20(10)13(21)15(16,17)14(22)4-3-5-14/h9-10,22H,3-8H2,1-2H3/t10-/m1/s1. The summed E-state index contributed by atoms with van der Waals surface area (Å²) in [5.74, 6) is -4.84. The molecule has 0 unspecified atom stereocenters. The van der Waals surface area contributed by atoms with Crippen LogP contribution in [0.15, 0.2) is 4.42 Å². The van der Waals surface area contributed by atoms with Gasteiger partial charge in [0, 0.05) is 12.5 Å². The van der Waals surface area contributed by atoms with E-state index in [-0.39, 0.29) is 44.4 Å². The van der Waals surface area contributed by atoms with Crippen LogP contribution >= 0.6 is 0 Å². The van der Waals surface area contributed by atoms with Crippen LogP contribution in [0.4, 0.5) is 8.78 Å². The van der Waals surface area contributed by atoms with Crippen LogP contribution in [0, 0.1) is 0 Å². The topological polar surface area (TPSA) is 88.7 Å². The zero-order valence-electron chi connectivity index (χ0n) is 13.7. The Balaban J connectivity index is 1.85. The minimum absolute atomic E-state index is 0.0000227. The molecule has 0 aromatic carbocycles. The Morgan fingerprint density at radius 2 is 2.12 bits per heavy atom. The van der Waals surface area contributed by atoms with E-state index in [9.17, 15) is 18.7 Å². The van der Waals surface area contributed by atoms with E-state index < -0.39 is 23.5 Å². The molecule has 134 valence electrons. The quantitative estimate of drug-likeness (QED) is 0.892. The van der Waals surface area contributed by atoms with Crippen molar-refractivity contribution in [2.45, 2.75) is 56.6 Å². The fourth-order valence-corrected chi connectivity index (χ4v) is 2.87. The summed E-state index contributed by atoms with van der Waals surface area (Å²) in [4.78, 5) is 13.4. The van der Waals surface area contributed by atoms with Crippen molar-refractivity contribution in [3.8, 4) is 0 Å². The highest BCUT2D eigenvalue weighted by Crippen LogP contribution is 2.46. The van der Waals surface area contributed by atoms with Gasteiger partial charge in [0.05, 0.1) is 13.2 Å². The molecule has 1 saturated heterocycles. The summed E-state index contributed by atoms with van der Waals surface area (Å²) in [6.07, 6.45) is 0.310. The van der Waals surface area contributed by atoms with E-state index in [4.69, 9.17) is 9.15 Å². The van der Waals surface area contributed by atoms with Crippen LogP contribution in [-0.4, -0.2) is 57.4 Å². The number of morpholine rings is 1. The van der Waals surface area contributed by atoms with Crippen molar-refractivity contribution in [3.05, 3.63) is 11.8 Å². The fourth-order valence-electron chi connectivity index (χ4n) is 2.87. The lowest BCUT2D eigenvalue weighted by Crippen LogP contribution is -2.62. The summed E-state index contributed by atoms with van der Waals surface area (Å²) in [6.45, 7) is 3.84. The third-order valence-electron chi connectivity index (χ3n) is 4.66. The van der Waals surface area contributed by atoms with Crippen LogP contribution in [0.25, 0.3) is 0 Å². The second-order valence-electron chi connectivity index (χ2n) is 6.68. The van der Waals surface area contributed by atoms with Crippen molar-refractivity contribution in [3.63, 3.8) is 0 Å². The minimum atomic E-state index is -3.85. The van der Waals surface area contributed by atoms with Crippen LogP contribution < -0.4 is 0 Å². The number of alkyl halides is 2. The van der Waals surface area contributed by atoms with Crippen LogP contribution in [0.3, 0.4) is 0 Å². The molecule has 1 amide bonds. The summed E-state index contributed by atoms with van der Waals surface area (Å²) < 4.78 is 39.8. The first kappa shape index (κ1) is 17.2. The largest absolute Gasteiger partial charge is 0.423 e. The SMILES string of the molecule is CC(C)c1nnc([C@H]2COCCN2C(=O)C(F)(F)C2(O)CCC2)o1. The van der Waals surface area contributed by atoms with Gasteiger partial charge in [0.15, 0.2) is 0 Å². The Bertz CT molecular complexity index is 616. The van der Waals surface area contributed by atoms with E-state index in [0.717, 1.165) is 4.90 Å². The highest BCUT2D eigenvalue weighted by atomic mass is 19.3. The van der Waals surface area contributed by atoms with Crippen molar-refractivity contribution >= 4 is 5.91 Å². The number of aliphatic hydroxyl groups is 1. The smallest absolute Gasteiger partial charge is 0.352 e. The lowest BCUT2D eigenvalue weighted by Gasteiger charge is -2.44. The van der Waals surface area contributed by atoms with Gasteiger partial charge in [0.25, 0.3) is 5.91 Å². The predicted molar refractivity (Wildman–Crippen MR) is 77.4 cm³/mol.